The molecule has 0 spiro atoms. The van der Waals surface area contributed by atoms with Crippen molar-refractivity contribution in [3.8, 4) is 5.75 Å². The van der Waals surface area contributed by atoms with Gasteiger partial charge in [0, 0.05) is 22.5 Å². The maximum atomic E-state index is 12.2. The summed E-state index contributed by atoms with van der Waals surface area (Å²) < 4.78 is 0. The lowest BCUT2D eigenvalue weighted by atomic mass is 10.1. The van der Waals surface area contributed by atoms with Crippen molar-refractivity contribution in [1.82, 2.24) is 10.3 Å². The number of phenolic OH excluding ortho intramolecular Hbond substituents is 1. The fraction of sp³-hybridized carbons (Fsp3) is 0.333. The Hall–Kier alpha value is -1.92. The summed E-state index contributed by atoms with van der Waals surface area (Å²) in [4.78, 5) is 16.6. The summed E-state index contributed by atoms with van der Waals surface area (Å²) in [6, 6.07) is 5.04. The highest BCUT2D eigenvalue weighted by Gasteiger charge is 2.14. The van der Waals surface area contributed by atoms with Gasteiger partial charge in [0.25, 0.3) is 5.91 Å². The van der Waals surface area contributed by atoms with Crippen molar-refractivity contribution in [1.29, 1.82) is 0 Å². The summed E-state index contributed by atoms with van der Waals surface area (Å²) in [5, 5.41) is 18.2. The first-order chi connectivity index (χ1) is 10.0. The van der Waals surface area contributed by atoms with Crippen LogP contribution in [-0.4, -0.2) is 22.5 Å². The molecule has 0 aliphatic rings. The van der Waals surface area contributed by atoms with Crippen molar-refractivity contribution in [2.45, 2.75) is 26.8 Å². The molecule has 1 amide bonds. The molecule has 1 aromatic carbocycles. The van der Waals surface area contributed by atoms with Crippen LogP contribution in [0, 0.1) is 6.92 Å². The molecule has 2 rings (SSSR count). The van der Waals surface area contributed by atoms with Crippen LogP contribution in [0.3, 0.4) is 0 Å². The second-order valence-corrected chi connectivity index (χ2v) is 5.62. The summed E-state index contributed by atoms with van der Waals surface area (Å²) in [5.74, 6) is -0.149. The molecule has 1 atom stereocenters. The highest BCUT2D eigenvalue weighted by molar-refractivity contribution is 7.14. The van der Waals surface area contributed by atoms with E-state index in [1.54, 1.807) is 25.1 Å². The van der Waals surface area contributed by atoms with Crippen molar-refractivity contribution in [2.24, 2.45) is 0 Å². The molecule has 0 aliphatic carbocycles. The Morgan fingerprint density at radius 1 is 1.48 bits per heavy atom. The molecule has 2 aromatic rings. The molecule has 0 saturated carbocycles. The Bertz CT molecular complexity index is 640. The third kappa shape index (κ3) is 3.59. The number of thiazole rings is 1. The van der Waals surface area contributed by atoms with E-state index in [0.29, 0.717) is 16.3 Å². The van der Waals surface area contributed by atoms with E-state index in [-0.39, 0.29) is 17.7 Å². The zero-order valence-electron chi connectivity index (χ0n) is 12.3. The largest absolute Gasteiger partial charge is 0.508 e. The minimum absolute atomic E-state index is 0.114. The van der Waals surface area contributed by atoms with Gasteiger partial charge in [-0.15, -0.1) is 11.3 Å². The first-order valence-electron chi connectivity index (χ1n) is 6.81. The van der Waals surface area contributed by atoms with E-state index in [1.807, 2.05) is 19.2 Å². The quantitative estimate of drug-likeness (QED) is 0.793. The fourth-order valence-corrected chi connectivity index (χ4v) is 2.79. The normalized spacial score (nSPS) is 12.1. The number of anilines is 1. The molecule has 0 bridgehead atoms. The Balaban J connectivity index is 2.11. The maximum absolute atomic E-state index is 12.2. The Morgan fingerprint density at radius 3 is 2.95 bits per heavy atom. The van der Waals surface area contributed by atoms with Crippen LogP contribution in [0.25, 0.3) is 0 Å². The van der Waals surface area contributed by atoms with E-state index in [9.17, 15) is 9.90 Å². The van der Waals surface area contributed by atoms with Crippen molar-refractivity contribution in [2.75, 3.05) is 11.9 Å². The number of benzene rings is 1. The molecule has 0 saturated heterocycles. The van der Waals surface area contributed by atoms with Gasteiger partial charge in [0.05, 0.1) is 5.69 Å². The van der Waals surface area contributed by atoms with Crippen LogP contribution < -0.4 is 10.6 Å². The number of nitrogens with one attached hydrogen (secondary N) is 2. The summed E-state index contributed by atoms with van der Waals surface area (Å²) in [6.07, 6.45) is 0. The molecule has 1 unspecified atom stereocenters. The maximum Gasteiger partial charge on any atom is 0.257 e. The molecule has 0 radical (unpaired) electrons. The lowest BCUT2D eigenvalue weighted by Crippen LogP contribution is -2.18. The zero-order chi connectivity index (χ0) is 15.4. The average Bonchev–Trinajstić information content (AvgIpc) is 2.90. The van der Waals surface area contributed by atoms with E-state index in [0.717, 1.165) is 12.2 Å². The highest BCUT2D eigenvalue weighted by atomic mass is 32.1. The third-order valence-electron chi connectivity index (χ3n) is 3.25. The van der Waals surface area contributed by atoms with Crippen LogP contribution >= 0.6 is 11.3 Å². The number of carbonyl (C=O) groups excluding carboxylic acids is 1. The summed E-state index contributed by atoms with van der Waals surface area (Å²) >= 11 is 1.39. The molecule has 5 nitrogen and oxygen atoms in total. The molecular weight excluding hydrogens is 286 g/mol. The molecule has 21 heavy (non-hydrogen) atoms. The number of hydrogen-bond donors (Lipinski definition) is 3. The van der Waals surface area contributed by atoms with Gasteiger partial charge in [0.2, 0.25) is 0 Å². The minimum atomic E-state index is -0.264. The number of amides is 1. The summed E-state index contributed by atoms with van der Waals surface area (Å²) in [5.41, 5.74) is 1.92. The van der Waals surface area contributed by atoms with Crippen molar-refractivity contribution < 1.29 is 9.90 Å². The molecular formula is C15H19N3O2S. The van der Waals surface area contributed by atoms with Gasteiger partial charge in [-0.25, -0.2) is 4.98 Å². The standard InChI is InChI=1S/C15H19N3O2S/c1-4-16-10(3)12-8-21-15(17-12)18-14(20)11-6-5-7-13(19)9(11)2/h5-8,10,16,19H,4H2,1-3H3,(H,17,18,20). The van der Waals surface area contributed by atoms with Crippen molar-refractivity contribution >= 4 is 22.4 Å². The second kappa shape index (κ2) is 6.69. The third-order valence-corrected chi connectivity index (χ3v) is 4.02. The number of phenols is 1. The number of aromatic hydroxyl groups is 1. The zero-order valence-corrected chi connectivity index (χ0v) is 13.1. The van der Waals surface area contributed by atoms with Gasteiger partial charge >= 0.3 is 0 Å². The van der Waals surface area contributed by atoms with Gasteiger partial charge in [-0.05, 0) is 32.5 Å². The Kier molecular flexibility index (Phi) is 4.93. The van der Waals surface area contributed by atoms with Crippen molar-refractivity contribution in [3.63, 3.8) is 0 Å². The van der Waals surface area contributed by atoms with E-state index in [2.05, 4.69) is 15.6 Å². The van der Waals surface area contributed by atoms with Crippen LogP contribution in [-0.2, 0) is 0 Å². The van der Waals surface area contributed by atoms with E-state index in [4.69, 9.17) is 0 Å². The number of hydrogen-bond acceptors (Lipinski definition) is 5. The summed E-state index contributed by atoms with van der Waals surface area (Å²) in [7, 11) is 0. The first-order valence-corrected chi connectivity index (χ1v) is 7.69. The predicted molar refractivity (Wildman–Crippen MR) is 85.0 cm³/mol. The van der Waals surface area contributed by atoms with E-state index in [1.165, 1.54) is 11.3 Å². The smallest absolute Gasteiger partial charge is 0.257 e. The van der Waals surface area contributed by atoms with Crippen LogP contribution in [0.4, 0.5) is 5.13 Å². The van der Waals surface area contributed by atoms with Gasteiger partial charge in [-0.2, -0.15) is 0 Å². The van der Waals surface area contributed by atoms with Gasteiger partial charge in [-0.3, -0.25) is 10.1 Å². The molecule has 0 fully saturated rings. The van der Waals surface area contributed by atoms with Crippen LogP contribution in [0.5, 0.6) is 5.75 Å². The number of aromatic nitrogens is 1. The van der Waals surface area contributed by atoms with Gasteiger partial charge in [0.15, 0.2) is 5.13 Å². The Labute approximate surface area is 128 Å². The SMILES string of the molecule is CCNC(C)c1csc(NC(=O)c2cccc(O)c2C)n1. The molecule has 112 valence electrons. The predicted octanol–water partition coefficient (Wildman–Crippen LogP) is 3.08. The minimum Gasteiger partial charge on any atom is -0.508 e. The number of rotatable bonds is 5. The number of nitrogens with zero attached hydrogens (tertiary/aromatic N) is 1. The molecule has 1 heterocycles. The topological polar surface area (TPSA) is 74.2 Å². The average molecular weight is 305 g/mol. The van der Waals surface area contributed by atoms with Crippen LogP contribution in [0.1, 0.15) is 41.5 Å². The van der Waals surface area contributed by atoms with E-state index >= 15 is 0 Å². The fourth-order valence-electron chi connectivity index (χ4n) is 1.99. The molecule has 1 aromatic heterocycles. The molecule has 0 aliphatic heterocycles. The van der Waals surface area contributed by atoms with E-state index < -0.39 is 0 Å². The van der Waals surface area contributed by atoms with Crippen LogP contribution in [0.2, 0.25) is 0 Å². The Morgan fingerprint density at radius 2 is 2.24 bits per heavy atom. The first kappa shape index (κ1) is 15.5. The van der Waals surface area contributed by atoms with Gasteiger partial charge in [-0.1, -0.05) is 13.0 Å². The van der Waals surface area contributed by atoms with Gasteiger partial charge < -0.3 is 10.4 Å². The number of carbonyl (C=O) groups is 1. The van der Waals surface area contributed by atoms with Crippen molar-refractivity contribution in [3.05, 3.63) is 40.4 Å². The van der Waals surface area contributed by atoms with Crippen LogP contribution in [0.15, 0.2) is 23.6 Å². The van der Waals surface area contributed by atoms with Gasteiger partial charge in [0.1, 0.15) is 5.75 Å². The highest BCUT2D eigenvalue weighted by Crippen LogP contribution is 2.23. The monoisotopic (exact) mass is 305 g/mol. The second-order valence-electron chi connectivity index (χ2n) is 4.76. The lowest BCUT2D eigenvalue weighted by molar-refractivity contribution is 0.102. The summed E-state index contributed by atoms with van der Waals surface area (Å²) in [6.45, 7) is 6.65. The lowest BCUT2D eigenvalue weighted by Gasteiger charge is -2.08. The molecule has 3 N–H and O–H groups in total. The molecule has 6 heteroatoms.